The number of hydrogen-bond donors (Lipinski definition) is 0. The van der Waals surface area contributed by atoms with E-state index in [1.807, 2.05) is 0 Å². The standard InChI is InChI=1S/C7H13N.Y/c1-7-4-3-5-8(2)6-7;/h6-7H,1,3-5H2,2H3;/q-2;. The molecule has 1 aliphatic rings. The second kappa shape index (κ2) is 4.81. The SMILES string of the molecule is [CH2-]C1[CH-]N(C)CCC1.[Y]. The summed E-state index contributed by atoms with van der Waals surface area (Å²) in [5, 5.41) is 0. The van der Waals surface area contributed by atoms with Crippen molar-refractivity contribution in [1.29, 1.82) is 0 Å². The molecule has 1 aliphatic heterocycles. The predicted octanol–water partition coefficient (Wildman–Crippen LogP) is 1.32. The van der Waals surface area contributed by atoms with E-state index in [2.05, 4.69) is 25.4 Å². The fourth-order valence-electron chi connectivity index (χ4n) is 1.11. The summed E-state index contributed by atoms with van der Waals surface area (Å²) in [6.45, 7) is 7.36. The van der Waals surface area contributed by atoms with Gasteiger partial charge in [-0.2, -0.15) is 0 Å². The van der Waals surface area contributed by atoms with Gasteiger partial charge in [0.1, 0.15) is 0 Å². The summed E-state index contributed by atoms with van der Waals surface area (Å²) in [4.78, 5) is 2.22. The van der Waals surface area contributed by atoms with Crippen LogP contribution in [0.1, 0.15) is 12.8 Å². The van der Waals surface area contributed by atoms with Crippen LogP contribution in [0.3, 0.4) is 0 Å². The zero-order chi connectivity index (χ0) is 5.98. The van der Waals surface area contributed by atoms with Gasteiger partial charge in [-0.05, 0) is 20.0 Å². The normalized spacial score (nSPS) is 29.3. The first-order chi connectivity index (χ1) is 3.79. The molecule has 1 unspecified atom stereocenters. The minimum atomic E-state index is 0. The third kappa shape index (κ3) is 3.69. The third-order valence-electron chi connectivity index (χ3n) is 1.55. The van der Waals surface area contributed by atoms with Crippen LogP contribution < -0.4 is 0 Å². The molecule has 51 valence electrons. The molecule has 0 aromatic rings. The van der Waals surface area contributed by atoms with Crippen molar-refractivity contribution < 1.29 is 32.7 Å². The Kier molecular flexibility index (Phi) is 5.38. The first-order valence-electron chi connectivity index (χ1n) is 3.17. The zero-order valence-electron chi connectivity index (χ0n) is 6.01. The molecule has 0 bridgehead atoms. The van der Waals surface area contributed by atoms with Crippen LogP contribution in [0, 0.1) is 19.4 Å². The summed E-state index contributed by atoms with van der Waals surface area (Å²) < 4.78 is 0. The molecule has 1 nitrogen and oxygen atoms in total. The van der Waals surface area contributed by atoms with Crippen LogP contribution in [-0.2, 0) is 32.7 Å². The first-order valence-corrected chi connectivity index (χ1v) is 3.17. The van der Waals surface area contributed by atoms with Gasteiger partial charge in [-0.25, -0.2) is 0 Å². The largest absolute Gasteiger partial charge is 0.461 e. The first kappa shape index (κ1) is 10.1. The Balaban J connectivity index is 0.000000640. The van der Waals surface area contributed by atoms with Gasteiger partial charge in [-0.1, -0.05) is 0 Å². The second-order valence-corrected chi connectivity index (χ2v) is 2.53. The topological polar surface area (TPSA) is 3.24 Å². The zero-order valence-corrected chi connectivity index (χ0v) is 8.85. The molecule has 1 atom stereocenters. The van der Waals surface area contributed by atoms with Crippen molar-refractivity contribution in [2.45, 2.75) is 12.8 Å². The Morgan fingerprint density at radius 2 is 2.33 bits per heavy atom. The van der Waals surface area contributed by atoms with E-state index in [1.165, 1.54) is 19.4 Å². The van der Waals surface area contributed by atoms with Gasteiger partial charge in [0.25, 0.3) is 0 Å². The minimum absolute atomic E-state index is 0. The average Bonchev–Trinajstić information content (AvgIpc) is 1.64. The Hall–Kier alpha value is 1.06. The Bertz CT molecular complexity index is 67.3. The van der Waals surface area contributed by atoms with E-state index in [0.717, 1.165) is 0 Å². The van der Waals surface area contributed by atoms with Crippen LogP contribution in [0.5, 0.6) is 0 Å². The number of hydrogen-bond acceptors (Lipinski definition) is 1. The molecular formula is C7H13NY-2. The van der Waals surface area contributed by atoms with Crippen LogP contribution in [0.25, 0.3) is 0 Å². The van der Waals surface area contributed by atoms with Gasteiger partial charge in [0.15, 0.2) is 0 Å². The monoisotopic (exact) mass is 200 g/mol. The number of likely N-dealkylation sites (tertiary alicyclic amines) is 1. The molecule has 1 saturated heterocycles. The van der Waals surface area contributed by atoms with Crippen molar-refractivity contribution in [2.24, 2.45) is 5.92 Å². The fraction of sp³-hybridized carbons (Fsp3) is 0.714. The summed E-state index contributed by atoms with van der Waals surface area (Å²) in [5.41, 5.74) is 0. The van der Waals surface area contributed by atoms with E-state index < -0.39 is 0 Å². The van der Waals surface area contributed by atoms with Gasteiger partial charge in [-0.15, -0.1) is 6.42 Å². The molecule has 1 fully saturated rings. The molecule has 0 aromatic heterocycles. The van der Waals surface area contributed by atoms with Crippen molar-refractivity contribution in [3.63, 3.8) is 0 Å². The molecule has 0 saturated carbocycles. The van der Waals surface area contributed by atoms with Crippen LogP contribution in [0.4, 0.5) is 0 Å². The van der Waals surface area contributed by atoms with Gasteiger partial charge in [-0.3, -0.25) is 12.5 Å². The summed E-state index contributed by atoms with van der Waals surface area (Å²) in [5.74, 6) is 0.564. The molecule has 0 N–H and O–H groups in total. The quantitative estimate of drug-likeness (QED) is 0.533. The Morgan fingerprint density at radius 3 is 2.67 bits per heavy atom. The molecule has 2 heteroatoms. The van der Waals surface area contributed by atoms with Crippen molar-refractivity contribution in [2.75, 3.05) is 13.6 Å². The van der Waals surface area contributed by atoms with Gasteiger partial charge < -0.3 is 11.8 Å². The Morgan fingerprint density at radius 1 is 1.67 bits per heavy atom. The summed E-state index contributed by atoms with van der Waals surface area (Å²) in [6, 6.07) is 0. The van der Waals surface area contributed by atoms with E-state index in [1.54, 1.807) is 0 Å². The Labute approximate surface area is 83.1 Å². The van der Waals surface area contributed by atoms with Crippen molar-refractivity contribution >= 4 is 0 Å². The molecule has 0 amide bonds. The molecule has 9 heavy (non-hydrogen) atoms. The van der Waals surface area contributed by atoms with E-state index in [9.17, 15) is 0 Å². The maximum Gasteiger partial charge on any atom is 0 e. The maximum atomic E-state index is 3.95. The van der Waals surface area contributed by atoms with Crippen molar-refractivity contribution in [3.8, 4) is 0 Å². The van der Waals surface area contributed by atoms with Gasteiger partial charge in [0.2, 0.25) is 0 Å². The average molecular weight is 200 g/mol. The summed E-state index contributed by atoms with van der Waals surface area (Å²) >= 11 is 0. The molecule has 1 heterocycles. The third-order valence-corrected chi connectivity index (χ3v) is 1.55. The van der Waals surface area contributed by atoms with E-state index in [4.69, 9.17) is 0 Å². The second-order valence-electron chi connectivity index (χ2n) is 2.53. The van der Waals surface area contributed by atoms with E-state index in [0.29, 0.717) is 5.92 Å². The summed E-state index contributed by atoms with van der Waals surface area (Å²) in [7, 11) is 2.11. The van der Waals surface area contributed by atoms with Crippen LogP contribution >= 0.6 is 0 Å². The molecular weight excluding hydrogens is 187 g/mol. The molecule has 1 radical (unpaired) electrons. The van der Waals surface area contributed by atoms with E-state index >= 15 is 0 Å². The molecule has 0 spiro atoms. The number of nitrogens with zero attached hydrogens (tertiary/aromatic N) is 1. The molecule has 0 aliphatic carbocycles. The van der Waals surface area contributed by atoms with Crippen LogP contribution in [0.15, 0.2) is 0 Å². The van der Waals surface area contributed by atoms with Crippen LogP contribution in [0.2, 0.25) is 0 Å². The minimum Gasteiger partial charge on any atom is -0.461 e. The fourth-order valence-corrected chi connectivity index (χ4v) is 1.11. The molecule has 0 aromatic carbocycles. The van der Waals surface area contributed by atoms with Crippen molar-refractivity contribution in [3.05, 3.63) is 13.5 Å². The smallest absolute Gasteiger partial charge is 0 e. The maximum absolute atomic E-state index is 3.95. The predicted molar refractivity (Wildman–Crippen MR) is 35.0 cm³/mol. The number of piperidine rings is 1. The van der Waals surface area contributed by atoms with Gasteiger partial charge in [0.05, 0.1) is 0 Å². The number of rotatable bonds is 0. The molecule has 1 rings (SSSR count). The van der Waals surface area contributed by atoms with Crippen LogP contribution in [-0.4, -0.2) is 18.5 Å². The van der Waals surface area contributed by atoms with E-state index in [-0.39, 0.29) is 32.7 Å². The van der Waals surface area contributed by atoms with Gasteiger partial charge >= 0.3 is 0 Å². The van der Waals surface area contributed by atoms with Crippen molar-refractivity contribution in [1.82, 2.24) is 4.90 Å². The van der Waals surface area contributed by atoms with Gasteiger partial charge in [0, 0.05) is 32.7 Å². The summed E-state index contributed by atoms with van der Waals surface area (Å²) in [6.07, 6.45) is 2.57.